The van der Waals surface area contributed by atoms with Gasteiger partial charge in [0.2, 0.25) is 0 Å². The van der Waals surface area contributed by atoms with Crippen molar-refractivity contribution < 1.29 is 4.39 Å². The monoisotopic (exact) mass is 321 g/mol. The molecule has 100 valence electrons. The number of halogens is 2. The van der Waals surface area contributed by atoms with Gasteiger partial charge < -0.3 is 4.90 Å². The molecule has 0 amide bonds. The van der Waals surface area contributed by atoms with E-state index in [1.807, 2.05) is 6.07 Å². The van der Waals surface area contributed by atoms with Crippen LogP contribution in [-0.2, 0) is 6.54 Å². The van der Waals surface area contributed by atoms with Crippen LogP contribution < -0.4 is 4.90 Å². The van der Waals surface area contributed by atoms with Crippen LogP contribution in [0.3, 0.4) is 0 Å². The minimum Gasteiger partial charge on any atom is -0.367 e. The van der Waals surface area contributed by atoms with Gasteiger partial charge in [-0.15, -0.1) is 0 Å². The second-order valence-corrected chi connectivity index (χ2v) is 5.44. The molecule has 2 aromatic carbocycles. The van der Waals surface area contributed by atoms with Crippen LogP contribution in [0.2, 0.25) is 0 Å². The summed E-state index contributed by atoms with van der Waals surface area (Å²) < 4.78 is 13.9. The highest BCUT2D eigenvalue weighted by molar-refractivity contribution is 9.10. The first kappa shape index (κ1) is 14.1. The maximum absolute atomic E-state index is 13.1. The molecule has 0 aromatic heterocycles. The lowest BCUT2D eigenvalue weighted by Crippen LogP contribution is -2.22. The van der Waals surface area contributed by atoms with E-state index in [1.54, 1.807) is 0 Å². The van der Waals surface area contributed by atoms with Gasteiger partial charge in [0.05, 0.1) is 0 Å². The first-order valence-corrected chi connectivity index (χ1v) is 7.15. The molecule has 0 aliphatic heterocycles. The van der Waals surface area contributed by atoms with Crippen LogP contribution in [0.25, 0.3) is 0 Å². The van der Waals surface area contributed by atoms with Gasteiger partial charge in [-0.2, -0.15) is 0 Å². The second-order valence-electron chi connectivity index (χ2n) is 4.59. The van der Waals surface area contributed by atoms with Crippen molar-refractivity contribution in [3.8, 4) is 0 Å². The number of hydrogen-bond donors (Lipinski definition) is 0. The van der Waals surface area contributed by atoms with Crippen LogP contribution >= 0.6 is 15.9 Å². The van der Waals surface area contributed by atoms with Crippen molar-refractivity contribution in [2.24, 2.45) is 0 Å². The van der Waals surface area contributed by atoms with E-state index < -0.39 is 0 Å². The standard InChI is InChI=1S/C16H17BrFN/c1-3-19(15-6-4-5-12(2)9-15)11-13-7-8-14(18)10-16(13)17/h4-10H,3,11H2,1-2H3. The van der Waals surface area contributed by atoms with Crippen molar-refractivity contribution >= 4 is 21.6 Å². The number of hydrogen-bond acceptors (Lipinski definition) is 1. The molecule has 0 atom stereocenters. The summed E-state index contributed by atoms with van der Waals surface area (Å²) in [5.41, 5.74) is 3.53. The molecule has 0 fully saturated rings. The summed E-state index contributed by atoms with van der Waals surface area (Å²) in [5.74, 6) is -0.214. The van der Waals surface area contributed by atoms with Gasteiger partial charge >= 0.3 is 0 Å². The molecule has 0 aliphatic rings. The first-order valence-electron chi connectivity index (χ1n) is 6.35. The molecule has 2 aromatic rings. The van der Waals surface area contributed by atoms with Crippen molar-refractivity contribution in [1.29, 1.82) is 0 Å². The summed E-state index contributed by atoms with van der Waals surface area (Å²) in [6.45, 7) is 5.89. The predicted octanol–water partition coefficient (Wildman–Crippen LogP) is 4.92. The SMILES string of the molecule is CCN(Cc1ccc(F)cc1Br)c1cccc(C)c1. The summed E-state index contributed by atoms with van der Waals surface area (Å²) >= 11 is 3.43. The van der Waals surface area contributed by atoms with Gasteiger partial charge in [-0.25, -0.2) is 4.39 Å². The molecule has 0 spiro atoms. The molecule has 1 nitrogen and oxygen atoms in total. The third kappa shape index (κ3) is 3.57. The molecular weight excluding hydrogens is 305 g/mol. The Morgan fingerprint density at radius 2 is 1.95 bits per heavy atom. The average Bonchev–Trinajstić information content (AvgIpc) is 2.38. The molecular formula is C16H17BrFN. The first-order chi connectivity index (χ1) is 9.10. The Morgan fingerprint density at radius 3 is 2.58 bits per heavy atom. The number of nitrogens with zero attached hydrogens (tertiary/aromatic N) is 1. The van der Waals surface area contributed by atoms with Crippen molar-refractivity contribution in [3.63, 3.8) is 0 Å². The average molecular weight is 322 g/mol. The molecule has 19 heavy (non-hydrogen) atoms. The molecule has 0 saturated heterocycles. The van der Waals surface area contributed by atoms with E-state index in [9.17, 15) is 4.39 Å². The molecule has 0 heterocycles. The van der Waals surface area contributed by atoms with Crippen LogP contribution in [0, 0.1) is 12.7 Å². The Morgan fingerprint density at radius 1 is 1.16 bits per heavy atom. The van der Waals surface area contributed by atoms with Crippen LogP contribution in [-0.4, -0.2) is 6.54 Å². The van der Waals surface area contributed by atoms with E-state index in [2.05, 4.69) is 58.9 Å². The fourth-order valence-electron chi connectivity index (χ4n) is 2.07. The summed E-state index contributed by atoms with van der Waals surface area (Å²) in [6.07, 6.45) is 0. The summed E-state index contributed by atoms with van der Waals surface area (Å²) in [7, 11) is 0. The predicted molar refractivity (Wildman–Crippen MR) is 82.0 cm³/mol. The molecule has 0 unspecified atom stereocenters. The van der Waals surface area contributed by atoms with Gasteiger partial charge in [-0.3, -0.25) is 0 Å². The van der Waals surface area contributed by atoms with Crippen molar-refractivity contribution in [1.82, 2.24) is 0 Å². The van der Waals surface area contributed by atoms with E-state index >= 15 is 0 Å². The van der Waals surface area contributed by atoms with Crippen molar-refractivity contribution in [2.45, 2.75) is 20.4 Å². The zero-order valence-electron chi connectivity index (χ0n) is 11.2. The van der Waals surface area contributed by atoms with Gasteiger partial charge in [0.1, 0.15) is 5.82 Å². The third-order valence-corrected chi connectivity index (χ3v) is 3.86. The lowest BCUT2D eigenvalue weighted by atomic mass is 10.1. The summed E-state index contributed by atoms with van der Waals surface area (Å²) in [6, 6.07) is 13.3. The van der Waals surface area contributed by atoms with Gasteiger partial charge in [-0.05, 0) is 49.2 Å². The van der Waals surface area contributed by atoms with Crippen LogP contribution in [0.15, 0.2) is 46.9 Å². The van der Waals surface area contributed by atoms with E-state index in [4.69, 9.17) is 0 Å². The van der Waals surface area contributed by atoms with Gasteiger partial charge in [0.15, 0.2) is 0 Å². The zero-order chi connectivity index (χ0) is 13.8. The highest BCUT2D eigenvalue weighted by atomic mass is 79.9. The lowest BCUT2D eigenvalue weighted by molar-refractivity contribution is 0.625. The largest absolute Gasteiger partial charge is 0.367 e. The zero-order valence-corrected chi connectivity index (χ0v) is 12.7. The van der Waals surface area contributed by atoms with E-state index in [0.717, 1.165) is 23.1 Å². The number of benzene rings is 2. The minimum absolute atomic E-state index is 0.214. The van der Waals surface area contributed by atoms with E-state index in [0.29, 0.717) is 0 Å². The van der Waals surface area contributed by atoms with E-state index in [-0.39, 0.29) is 5.82 Å². The normalized spacial score (nSPS) is 10.5. The Bertz CT molecular complexity index is 568. The fraction of sp³-hybridized carbons (Fsp3) is 0.250. The molecule has 0 N–H and O–H groups in total. The lowest BCUT2D eigenvalue weighted by Gasteiger charge is -2.24. The van der Waals surface area contributed by atoms with Crippen molar-refractivity contribution in [3.05, 3.63) is 63.9 Å². The molecule has 0 saturated carbocycles. The second kappa shape index (κ2) is 6.20. The van der Waals surface area contributed by atoms with Crippen LogP contribution in [0.1, 0.15) is 18.1 Å². The molecule has 0 radical (unpaired) electrons. The highest BCUT2D eigenvalue weighted by Crippen LogP contribution is 2.23. The van der Waals surface area contributed by atoms with Gasteiger partial charge in [-0.1, -0.05) is 34.1 Å². The fourth-order valence-corrected chi connectivity index (χ4v) is 2.54. The van der Waals surface area contributed by atoms with Crippen LogP contribution in [0.5, 0.6) is 0 Å². The van der Waals surface area contributed by atoms with E-state index in [1.165, 1.54) is 23.4 Å². The smallest absolute Gasteiger partial charge is 0.124 e. The Labute approximate surface area is 122 Å². The van der Waals surface area contributed by atoms with Gasteiger partial charge in [0.25, 0.3) is 0 Å². The topological polar surface area (TPSA) is 3.24 Å². The Balaban J connectivity index is 2.24. The maximum atomic E-state index is 13.1. The summed E-state index contributed by atoms with van der Waals surface area (Å²) in [5, 5.41) is 0. The Kier molecular flexibility index (Phi) is 4.59. The maximum Gasteiger partial charge on any atom is 0.124 e. The molecule has 3 heteroatoms. The number of rotatable bonds is 4. The molecule has 2 rings (SSSR count). The highest BCUT2D eigenvalue weighted by Gasteiger charge is 2.08. The number of aryl methyl sites for hydroxylation is 1. The minimum atomic E-state index is -0.214. The van der Waals surface area contributed by atoms with Crippen LogP contribution in [0.4, 0.5) is 10.1 Å². The Hall–Kier alpha value is -1.35. The molecule has 0 aliphatic carbocycles. The molecule has 0 bridgehead atoms. The van der Waals surface area contributed by atoms with Gasteiger partial charge in [0, 0.05) is 23.2 Å². The van der Waals surface area contributed by atoms with Crippen molar-refractivity contribution in [2.75, 3.05) is 11.4 Å². The quantitative estimate of drug-likeness (QED) is 0.772. The third-order valence-electron chi connectivity index (χ3n) is 3.12. The number of anilines is 1. The summed E-state index contributed by atoms with van der Waals surface area (Å²) in [4.78, 5) is 2.27.